The zero-order valence-corrected chi connectivity index (χ0v) is 17.6. The molecule has 1 unspecified atom stereocenters. The number of sulfonamides is 1. The first-order valence-electron chi connectivity index (χ1n) is 9.33. The maximum absolute atomic E-state index is 12.5. The molecule has 0 saturated carbocycles. The van der Waals surface area contributed by atoms with Crippen LogP contribution in [0, 0.1) is 0 Å². The molecule has 2 rings (SSSR count). The number of ether oxygens (including phenoxy) is 1. The molecule has 2 aromatic carbocycles. The average molecular weight is 405 g/mol. The first-order chi connectivity index (χ1) is 13.2. The number of benzene rings is 2. The second kappa shape index (κ2) is 9.59. The van der Waals surface area contributed by atoms with E-state index < -0.39 is 10.0 Å². The van der Waals surface area contributed by atoms with Gasteiger partial charge in [0.2, 0.25) is 15.9 Å². The SMILES string of the molecule is CCOc1cccc(N(CC(=O)NC(C)c2ccc(CC)cc2)S(C)(=O)=O)c1. The van der Waals surface area contributed by atoms with E-state index in [9.17, 15) is 13.2 Å². The fourth-order valence-corrected chi connectivity index (χ4v) is 3.69. The molecule has 0 fully saturated rings. The van der Waals surface area contributed by atoms with Gasteiger partial charge >= 0.3 is 0 Å². The predicted octanol–water partition coefficient (Wildman–Crippen LogP) is 3.29. The Morgan fingerprint density at radius 2 is 1.82 bits per heavy atom. The van der Waals surface area contributed by atoms with E-state index in [1.54, 1.807) is 24.3 Å². The van der Waals surface area contributed by atoms with Crippen molar-refractivity contribution in [2.24, 2.45) is 0 Å². The standard InChI is InChI=1S/C21H28N2O4S/c1-5-17-10-12-18(13-11-17)16(3)22-21(24)15-23(28(4,25)26)19-8-7-9-20(14-19)27-6-2/h7-14,16H,5-6,15H2,1-4H3,(H,22,24). The molecule has 0 radical (unpaired) electrons. The zero-order valence-electron chi connectivity index (χ0n) is 16.8. The maximum atomic E-state index is 12.5. The van der Waals surface area contributed by atoms with Crippen LogP contribution >= 0.6 is 0 Å². The highest BCUT2D eigenvalue weighted by molar-refractivity contribution is 7.92. The second-order valence-electron chi connectivity index (χ2n) is 6.58. The van der Waals surface area contributed by atoms with Crippen LogP contribution in [0.5, 0.6) is 5.75 Å². The summed E-state index contributed by atoms with van der Waals surface area (Å²) in [7, 11) is -3.64. The lowest BCUT2D eigenvalue weighted by Gasteiger charge is -2.23. The zero-order chi connectivity index (χ0) is 20.7. The Labute approximate surface area is 167 Å². The number of nitrogens with one attached hydrogen (secondary N) is 1. The van der Waals surface area contributed by atoms with Crippen molar-refractivity contribution in [1.29, 1.82) is 0 Å². The third-order valence-corrected chi connectivity index (χ3v) is 5.51. The van der Waals surface area contributed by atoms with E-state index in [0.717, 1.165) is 22.5 Å². The Balaban J connectivity index is 2.13. The molecule has 2 aromatic rings. The first kappa shape index (κ1) is 21.8. The number of hydrogen-bond acceptors (Lipinski definition) is 4. The van der Waals surface area contributed by atoms with Crippen molar-refractivity contribution in [1.82, 2.24) is 5.32 Å². The molecule has 0 aliphatic carbocycles. The van der Waals surface area contributed by atoms with Gasteiger partial charge in [0.15, 0.2) is 0 Å². The van der Waals surface area contributed by atoms with Crippen LogP contribution in [0.15, 0.2) is 48.5 Å². The van der Waals surface area contributed by atoms with E-state index in [4.69, 9.17) is 4.74 Å². The normalized spacial score (nSPS) is 12.3. The molecule has 0 aromatic heterocycles. The van der Waals surface area contributed by atoms with Gasteiger partial charge in [-0.15, -0.1) is 0 Å². The molecule has 28 heavy (non-hydrogen) atoms. The van der Waals surface area contributed by atoms with E-state index in [-0.39, 0.29) is 18.5 Å². The van der Waals surface area contributed by atoms with Gasteiger partial charge in [-0.1, -0.05) is 37.3 Å². The molecule has 1 atom stereocenters. The Kier molecular flexibility index (Phi) is 7.45. The summed E-state index contributed by atoms with van der Waals surface area (Å²) in [5.41, 5.74) is 2.58. The van der Waals surface area contributed by atoms with Crippen LogP contribution in [0.25, 0.3) is 0 Å². The van der Waals surface area contributed by atoms with Crippen LogP contribution in [0.3, 0.4) is 0 Å². The van der Waals surface area contributed by atoms with E-state index >= 15 is 0 Å². The number of rotatable bonds is 9. The lowest BCUT2D eigenvalue weighted by Crippen LogP contribution is -2.41. The number of nitrogens with zero attached hydrogens (tertiary/aromatic N) is 1. The molecule has 0 aliphatic heterocycles. The van der Waals surface area contributed by atoms with E-state index in [0.29, 0.717) is 18.0 Å². The highest BCUT2D eigenvalue weighted by atomic mass is 32.2. The van der Waals surface area contributed by atoms with Crippen molar-refractivity contribution in [3.63, 3.8) is 0 Å². The number of hydrogen-bond donors (Lipinski definition) is 1. The highest BCUT2D eigenvalue weighted by Crippen LogP contribution is 2.23. The summed E-state index contributed by atoms with van der Waals surface area (Å²) in [5, 5.41) is 2.87. The van der Waals surface area contributed by atoms with Crippen LogP contribution in [0.1, 0.15) is 37.9 Å². The summed E-state index contributed by atoms with van der Waals surface area (Å²) in [6.07, 6.45) is 2.03. The lowest BCUT2D eigenvalue weighted by molar-refractivity contribution is -0.120. The minimum absolute atomic E-state index is 0.227. The third-order valence-electron chi connectivity index (χ3n) is 4.37. The van der Waals surface area contributed by atoms with Crippen LogP contribution in [-0.2, 0) is 21.2 Å². The molecule has 7 heteroatoms. The van der Waals surface area contributed by atoms with Gasteiger partial charge in [-0.25, -0.2) is 8.42 Å². The molecule has 0 bridgehead atoms. The largest absolute Gasteiger partial charge is 0.494 e. The van der Waals surface area contributed by atoms with Crippen molar-refractivity contribution >= 4 is 21.6 Å². The lowest BCUT2D eigenvalue weighted by atomic mass is 10.1. The van der Waals surface area contributed by atoms with Crippen LogP contribution < -0.4 is 14.4 Å². The highest BCUT2D eigenvalue weighted by Gasteiger charge is 2.22. The summed E-state index contributed by atoms with van der Waals surface area (Å²) < 4.78 is 31.1. The fourth-order valence-electron chi connectivity index (χ4n) is 2.84. The monoisotopic (exact) mass is 404 g/mol. The molecular weight excluding hydrogens is 376 g/mol. The number of anilines is 1. The fraction of sp³-hybridized carbons (Fsp3) is 0.381. The van der Waals surface area contributed by atoms with Crippen LogP contribution in [-0.4, -0.2) is 33.7 Å². The second-order valence-corrected chi connectivity index (χ2v) is 8.49. The third kappa shape index (κ3) is 5.99. The van der Waals surface area contributed by atoms with Gasteiger partial charge in [-0.05, 0) is 43.5 Å². The molecule has 0 heterocycles. The summed E-state index contributed by atoms with van der Waals surface area (Å²) in [6.45, 7) is 5.98. The predicted molar refractivity (Wildman–Crippen MR) is 112 cm³/mol. The maximum Gasteiger partial charge on any atom is 0.241 e. The van der Waals surface area contributed by atoms with E-state index in [2.05, 4.69) is 12.2 Å². The number of amides is 1. The van der Waals surface area contributed by atoms with Gasteiger partial charge in [0.25, 0.3) is 0 Å². The van der Waals surface area contributed by atoms with Gasteiger partial charge in [0, 0.05) is 6.07 Å². The summed E-state index contributed by atoms with van der Waals surface area (Å²) >= 11 is 0. The molecular formula is C21H28N2O4S. The summed E-state index contributed by atoms with van der Waals surface area (Å²) in [5.74, 6) is 0.178. The van der Waals surface area contributed by atoms with Gasteiger partial charge in [-0.2, -0.15) is 0 Å². The summed E-state index contributed by atoms with van der Waals surface area (Å²) in [6, 6.07) is 14.5. The Hall–Kier alpha value is -2.54. The molecule has 6 nitrogen and oxygen atoms in total. The molecule has 1 N–H and O–H groups in total. The first-order valence-corrected chi connectivity index (χ1v) is 11.2. The van der Waals surface area contributed by atoms with Gasteiger partial charge in [-0.3, -0.25) is 9.10 Å². The average Bonchev–Trinajstić information content (AvgIpc) is 2.65. The molecule has 0 spiro atoms. The Morgan fingerprint density at radius 1 is 1.14 bits per heavy atom. The Morgan fingerprint density at radius 3 is 2.39 bits per heavy atom. The number of carbonyl (C=O) groups is 1. The number of carbonyl (C=O) groups excluding carboxylic acids is 1. The number of aryl methyl sites for hydroxylation is 1. The smallest absolute Gasteiger partial charge is 0.241 e. The Bertz CT molecular complexity index is 895. The topological polar surface area (TPSA) is 75.7 Å². The van der Waals surface area contributed by atoms with Gasteiger partial charge in [0.05, 0.1) is 24.6 Å². The van der Waals surface area contributed by atoms with Crippen molar-refractivity contribution in [3.05, 3.63) is 59.7 Å². The van der Waals surface area contributed by atoms with Crippen molar-refractivity contribution in [2.45, 2.75) is 33.2 Å². The molecule has 152 valence electrons. The molecule has 0 aliphatic rings. The molecule has 0 saturated heterocycles. The van der Waals surface area contributed by atoms with Crippen molar-refractivity contribution in [2.75, 3.05) is 23.7 Å². The van der Waals surface area contributed by atoms with Gasteiger partial charge < -0.3 is 10.1 Å². The minimum atomic E-state index is -3.64. The van der Waals surface area contributed by atoms with Crippen molar-refractivity contribution in [3.8, 4) is 5.75 Å². The minimum Gasteiger partial charge on any atom is -0.494 e. The molecule has 1 amide bonds. The van der Waals surface area contributed by atoms with Crippen molar-refractivity contribution < 1.29 is 17.9 Å². The van der Waals surface area contributed by atoms with Gasteiger partial charge in [0.1, 0.15) is 12.3 Å². The summed E-state index contributed by atoms with van der Waals surface area (Å²) in [4.78, 5) is 12.5. The van der Waals surface area contributed by atoms with Crippen LogP contribution in [0.4, 0.5) is 5.69 Å². The quantitative estimate of drug-likeness (QED) is 0.696. The van der Waals surface area contributed by atoms with E-state index in [1.807, 2.05) is 38.1 Å². The van der Waals surface area contributed by atoms with E-state index in [1.165, 1.54) is 5.56 Å². The van der Waals surface area contributed by atoms with Crippen LogP contribution in [0.2, 0.25) is 0 Å².